The standard InChI is InChI=1S/C13H17BrFNOS/c1-13(2,12(16)18)6-3-7-17-11-8-9(15)4-5-10(11)14/h4-5,8H,3,6-7H2,1-2H3,(H2,16,18). The van der Waals surface area contributed by atoms with E-state index in [1.54, 1.807) is 6.07 Å². The third kappa shape index (κ3) is 4.53. The summed E-state index contributed by atoms with van der Waals surface area (Å²) < 4.78 is 19.3. The zero-order valence-electron chi connectivity index (χ0n) is 10.5. The first-order valence-electron chi connectivity index (χ1n) is 5.71. The molecule has 1 aromatic carbocycles. The van der Waals surface area contributed by atoms with Gasteiger partial charge in [0, 0.05) is 11.5 Å². The molecule has 1 aromatic rings. The minimum Gasteiger partial charge on any atom is -0.492 e. The smallest absolute Gasteiger partial charge is 0.136 e. The van der Waals surface area contributed by atoms with Crippen LogP contribution in [0.3, 0.4) is 0 Å². The van der Waals surface area contributed by atoms with E-state index in [1.165, 1.54) is 12.1 Å². The molecular weight excluding hydrogens is 317 g/mol. The Morgan fingerprint density at radius 2 is 2.17 bits per heavy atom. The Morgan fingerprint density at radius 1 is 1.50 bits per heavy atom. The zero-order chi connectivity index (χ0) is 13.8. The van der Waals surface area contributed by atoms with Crippen LogP contribution in [0.2, 0.25) is 0 Å². The Morgan fingerprint density at radius 3 is 2.78 bits per heavy atom. The molecule has 0 radical (unpaired) electrons. The maximum atomic E-state index is 13.0. The van der Waals surface area contributed by atoms with Crippen LogP contribution >= 0.6 is 28.1 Å². The fraction of sp³-hybridized carbons (Fsp3) is 0.462. The summed E-state index contributed by atoms with van der Waals surface area (Å²) in [5, 5.41) is 0. The highest BCUT2D eigenvalue weighted by Crippen LogP contribution is 2.27. The van der Waals surface area contributed by atoms with Gasteiger partial charge in [-0.3, -0.25) is 0 Å². The summed E-state index contributed by atoms with van der Waals surface area (Å²) >= 11 is 8.31. The Bertz CT molecular complexity index is 437. The Hall–Kier alpha value is -0.680. The molecule has 100 valence electrons. The normalized spacial score (nSPS) is 11.3. The highest BCUT2D eigenvalue weighted by Gasteiger charge is 2.20. The van der Waals surface area contributed by atoms with Crippen molar-refractivity contribution in [2.75, 3.05) is 6.61 Å². The van der Waals surface area contributed by atoms with Gasteiger partial charge in [-0.1, -0.05) is 26.1 Å². The lowest BCUT2D eigenvalue weighted by atomic mass is 9.88. The number of thiocarbonyl (C=S) groups is 1. The summed E-state index contributed by atoms with van der Waals surface area (Å²) in [4.78, 5) is 0.509. The molecule has 0 aliphatic heterocycles. The summed E-state index contributed by atoms with van der Waals surface area (Å²) in [6, 6.07) is 4.37. The predicted octanol–water partition coefficient (Wildman–Crippen LogP) is 4.06. The molecule has 0 saturated carbocycles. The van der Waals surface area contributed by atoms with Crippen molar-refractivity contribution in [1.29, 1.82) is 0 Å². The Kier molecular flexibility index (Phi) is 5.53. The molecule has 18 heavy (non-hydrogen) atoms. The lowest BCUT2D eigenvalue weighted by molar-refractivity contribution is 0.285. The number of hydrogen-bond acceptors (Lipinski definition) is 2. The fourth-order valence-corrected chi connectivity index (χ4v) is 1.87. The van der Waals surface area contributed by atoms with Crippen LogP contribution in [0.25, 0.3) is 0 Å². The predicted molar refractivity (Wildman–Crippen MR) is 79.4 cm³/mol. The van der Waals surface area contributed by atoms with E-state index in [2.05, 4.69) is 15.9 Å². The second-order valence-corrected chi connectivity index (χ2v) is 6.07. The van der Waals surface area contributed by atoms with Gasteiger partial charge in [-0.25, -0.2) is 4.39 Å². The maximum Gasteiger partial charge on any atom is 0.136 e. The summed E-state index contributed by atoms with van der Waals surface area (Å²) in [5.74, 6) is 0.208. The topological polar surface area (TPSA) is 35.2 Å². The van der Waals surface area contributed by atoms with Crippen LogP contribution < -0.4 is 10.5 Å². The minimum atomic E-state index is -0.309. The summed E-state index contributed by atoms with van der Waals surface area (Å²) in [5.41, 5.74) is 5.47. The molecule has 0 atom stereocenters. The fourth-order valence-electron chi connectivity index (χ4n) is 1.41. The largest absolute Gasteiger partial charge is 0.492 e. The van der Waals surface area contributed by atoms with Crippen molar-refractivity contribution >= 4 is 33.1 Å². The molecule has 0 fully saturated rings. The Balaban J connectivity index is 2.43. The van der Waals surface area contributed by atoms with E-state index >= 15 is 0 Å². The van der Waals surface area contributed by atoms with Crippen LogP contribution in [0.4, 0.5) is 4.39 Å². The summed E-state index contributed by atoms with van der Waals surface area (Å²) in [6.07, 6.45) is 1.66. The number of ether oxygens (including phenoxy) is 1. The number of halogens is 2. The van der Waals surface area contributed by atoms with Crippen molar-refractivity contribution < 1.29 is 9.13 Å². The highest BCUT2D eigenvalue weighted by molar-refractivity contribution is 9.10. The first-order chi connectivity index (χ1) is 8.33. The Labute approximate surface area is 121 Å². The van der Waals surface area contributed by atoms with E-state index in [1.807, 2.05) is 13.8 Å². The van der Waals surface area contributed by atoms with E-state index in [-0.39, 0.29) is 11.2 Å². The van der Waals surface area contributed by atoms with Gasteiger partial charge >= 0.3 is 0 Å². The van der Waals surface area contributed by atoms with E-state index in [0.717, 1.165) is 17.3 Å². The molecular formula is C13H17BrFNOS. The number of nitrogens with two attached hydrogens (primary N) is 1. The maximum absolute atomic E-state index is 13.0. The van der Waals surface area contributed by atoms with Crippen molar-refractivity contribution in [3.63, 3.8) is 0 Å². The second-order valence-electron chi connectivity index (χ2n) is 4.77. The van der Waals surface area contributed by atoms with Gasteiger partial charge in [-0.05, 0) is 40.9 Å². The van der Waals surface area contributed by atoms with E-state index < -0.39 is 0 Å². The first kappa shape index (κ1) is 15.4. The molecule has 0 aliphatic rings. The lowest BCUT2D eigenvalue weighted by Gasteiger charge is -2.22. The summed E-state index contributed by atoms with van der Waals surface area (Å²) in [7, 11) is 0. The first-order valence-corrected chi connectivity index (χ1v) is 6.91. The van der Waals surface area contributed by atoms with Gasteiger partial charge in [0.15, 0.2) is 0 Å². The number of benzene rings is 1. The van der Waals surface area contributed by atoms with Crippen molar-refractivity contribution in [3.8, 4) is 5.75 Å². The molecule has 0 bridgehead atoms. The van der Waals surface area contributed by atoms with E-state index in [0.29, 0.717) is 17.3 Å². The third-order valence-electron chi connectivity index (χ3n) is 2.76. The second kappa shape index (κ2) is 6.48. The molecule has 0 amide bonds. The molecule has 0 aromatic heterocycles. The quantitative estimate of drug-likeness (QED) is 0.629. The van der Waals surface area contributed by atoms with Crippen LogP contribution in [-0.2, 0) is 0 Å². The van der Waals surface area contributed by atoms with Crippen molar-refractivity contribution in [2.24, 2.45) is 11.1 Å². The van der Waals surface area contributed by atoms with Gasteiger partial charge in [0.05, 0.1) is 16.1 Å². The monoisotopic (exact) mass is 333 g/mol. The minimum absolute atomic E-state index is 0.169. The van der Waals surface area contributed by atoms with Crippen LogP contribution in [-0.4, -0.2) is 11.6 Å². The molecule has 0 saturated heterocycles. The SMILES string of the molecule is CC(C)(CCCOc1cc(F)ccc1Br)C(N)=S. The van der Waals surface area contributed by atoms with Crippen LogP contribution in [0.15, 0.2) is 22.7 Å². The molecule has 5 heteroatoms. The van der Waals surface area contributed by atoms with Crippen molar-refractivity contribution in [3.05, 3.63) is 28.5 Å². The van der Waals surface area contributed by atoms with Crippen LogP contribution in [0.5, 0.6) is 5.75 Å². The molecule has 2 nitrogen and oxygen atoms in total. The molecule has 0 unspecified atom stereocenters. The van der Waals surface area contributed by atoms with Gasteiger partial charge in [0.1, 0.15) is 11.6 Å². The average Bonchev–Trinajstić information content (AvgIpc) is 2.28. The lowest BCUT2D eigenvalue weighted by Crippen LogP contribution is -2.30. The van der Waals surface area contributed by atoms with Crippen LogP contribution in [0.1, 0.15) is 26.7 Å². The van der Waals surface area contributed by atoms with Crippen LogP contribution in [0, 0.1) is 11.2 Å². The molecule has 1 rings (SSSR count). The third-order valence-corrected chi connectivity index (χ3v) is 3.97. The summed E-state index contributed by atoms with van der Waals surface area (Å²) in [6.45, 7) is 4.52. The molecule has 0 aliphatic carbocycles. The highest BCUT2D eigenvalue weighted by atomic mass is 79.9. The number of rotatable bonds is 6. The van der Waals surface area contributed by atoms with Gasteiger partial charge in [-0.2, -0.15) is 0 Å². The molecule has 0 heterocycles. The van der Waals surface area contributed by atoms with Crippen molar-refractivity contribution in [2.45, 2.75) is 26.7 Å². The number of hydrogen-bond donors (Lipinski definition) is 1. The van der Waals surface area contributed by atoms with Gasteiger partial charge < -0.3 is 10.5 Å². The molecule has 2 N–H and O–H groups in total. The van der Waals surface area contributed by atoms with Gasteiger partial charge in [0.25, 0.3) is 0 Å². The average molecular weight is 334 g/mol. The van der Waals surface area contributed by atoms with E-state index in [9.17, 15) is 4.39 Å². The molecule has 0 spiro atoms. The van der Waals surface area contributed by atoms with Gasteiger partial charge in [0.2, 0.25) is 0 Å². The zero-order valence-corrected chi connectivity index (χ0v) is 12.9. The van der Waals surface area contributed by atoms with Gasteiger partial charge in [-0.15, -0.1) is 0 Å². The van der Waals surface area contributed by atoms with E-state index in [4.69, 9.17) is 22.7 Å². The van der Waals surface area contributed by atoms with Crippen molar-refractivity contribution in [1.82, 2.24) is 0 Å².